The Morgan fingerprint density at radius 2 is 2.00 bits per heavy atom. The Bertz CT molecular complexity index is 312. The van der Waals surface area contributed by atoms with Crippen molar-refractivity contribution in [2.45, 2.75) is 32.7 Å². The maximum atomic E-state index is 5.79. The molecule has 2 heterocycles. The van der Waals surface area contributed by atoms with Crippen LogP contribution in [0.15, 0.2) is 6.20 Å². The van der Waals surface area contributed by atoms with E-state index in [4.69, 9.17) is 5.73 Å². The molecule has 0 atom stereocenters. The van der Waals surface area contributed by atoms with Gasteiger partial charge in [-0.3, -0.25) is 0 Å². The monoisotopic (exact) mass is 208 g/mol. The lowest BCUT2D eigenvalue weighted by Crippen LogP contribution is -2.32. The van der Waals surface area contributed by atoms with E-state index in [0.29, 0.717) is 5.95 Å². The van der Waals surface area contributed by atoms with Gasteiger partial charge in [0.1, 0.15) is 0 Å². The average Bonchev–Trinajstić information content (AvgIpc) is 2.56. The molecule has 1 aliphatic heterocycles. The second-order valence-corrected chi connectivity index (χ2v) is 4.34. The summed E-state index contributed by atoms with van der Waals surface area (Å²) in [6.07, 6.45) is 6.11. The number of hydrogen-bond donors (Lipinski definition) is 1. The number of likely N-dealkylation sites (tertiary alicyclic amines) is 1. The van der Waals surface area contributed by atoms with Gasteiger partial charge in [0.05, 0.1) is 5.69 Å². The van der Waals surface area contributed by atoms with Gasteiger partial charge in [-0.05, 0) is 32.9 Å². The van der Waals surface area contributed by atoms with Crippen molar-refractivity contribution >= 4 is 5.95 Å². The summed E-state index contributed by atoms with van der Waals surface area (Å²) in [6.45, 7) is 6.53. The molecule has 15 heavy (non-hydrogen) atoms. The zero-order valence-corrected chi connectivity index (χ0v) is 9.45. The normalized spacial score (nSPS) is 18.2. The van der Waals surface area contributed by atoms with Gasteiger partial charge in [0.15, 0.2) is 5.95 Å². The summed E-state index contributed by atoms with van der Waals surface area (Å²) >= 11 is 0. The van der Waals surface area contributed by atoms with Crippen LogP contribution >= 0.6 is 0 Å². The van der Waals surface area contributed by atoms with Gasteiger partial charge in [0.25, 0.3) is 0 Å². The second-order valence-electron chi connectivity index (χ2n) is 4.34. The van der Waals surface area contributed by atoms with Crippen molar-refractivity contribution in [1.29, 1.82) is 0 Å². The highest BCUT2D eigenvalue weighted by Gasteiger charge is 2.10. The molecule has 1 aromatic rings. The molecule has 0 spiro atoms. The first-order chi connectivity index (χ1) is 7.25. The van der Waals surface area contributed by atoms with E-state index >= 15 is 0 Å². The Morgan fingerprint density at radius 3 is 2.60 bits per heavy atom. The predicted molar refractivity (Wildman–Crippen MR) is 61.7 cm³/mol. The van der Waals surface area contributed by atoms with Crippen LogP contribution in [0, 0.1) is 6.92 Å². The van der Waals surface area contributed by atoms with Crippen LogP contribution in [0.5, 0.6) is 0 Å². The first-order valence-corrected chi connectivity index (χ1v) is 5.77. The molecule has 1 aliphatic rings. The molecule has 0 aliphatic carbocycles. The smallest absolute Gasteiger partial charge is 0.200 e. The van der Waals surface area contributed by atoms with Crippen molar-refractivity contribution in [3.8, 4) is 0 Å². The molecule has 2 rings (SSSR count). The molecule has 0 radical (unpaired) electrons. The predicted octanol–water partition coefficient (Wildman–Crippen LogP) is 1.26. The molecule has 0 unspecified atom stereocenters. The Kier molecular flexibility index (Phi) is 3.26. The molecule has 0 amide bonds. The number of aromatic nitrogens is 2. The van der Waals surface area contributed by atoms with Crippen LogP contribution in [-0.4, -0.2) is 34.1 Å². The summed E-state index contributed by atoms with van der Waals surface area (Å²) in [7, 11) is 0. The molecule has 1 aromatic heterocycles. The third-order valence-electron chi connectivity index (χ3n) is 3.03. The largest absolute Gasteiger partial charge is 0.369 e. The topological polar surface area (TPSA) is 47.1 Å². The maximum absolute atomic E-state index is 5.79. The van der Waals surface area contributed by atoms with Crippen LogP contribution in [0.2, 0.25) is 0 Å². The van der Waals surface area contributed by atoms with E-state index in [1.807, 2.05) is 17.7 Å². The van der Waals surface area contributed by atoms with Gasteiger partial charge in [-0.15, -0.1) is 0 Å². The highest BCUT2D eigenvalue weighted by Crippen LogP contribution is 2.09. The lowest BCUT2D eigenvalue weighted by Gasteiger charge is -2.26. The van der Waals surface area contributed by atoms with Crippen LogP contribution in [0.3, 0.4) is 0 Å². The van der Waals surface area contributed by atoms with Gasteiger partial charge in [0.2, 0.25) is 0 Å². The van der Waals surface area contributed by atoms with Crippen molar-refractivity contribution in [2.24, 2.45) is 0 Å². The summed E-state index contributed by atoms with van der Waals surface area (Å²) in [6, 6.07) is 0. The van der Waals surface area contributed by atoms with Gasteiger partial charge in [-0.25, -0.2) is 4.98 Å². The van der Waals surface area contributed by atoms with E-state index in [1.54, 1.807) is 0 Å². The molecule has 0 saturated carbocycles. The van der Waals surface area contributed by atoms with Crippen molar-refractivity contribution in [3.63, 3.8) is 0 Å². The lowest BCUT2D eigenvalue weighted by atomic mass is 10.1. The Hall–Kier alpha value is -1.03. The van der Waals surface area contributed by atoms with Crippen molar-refractivity contribution < 1.29 is 0 Å². The number of piperidine rings is 1. The van der Waals surface area contributed by atoms with E-state index < -0.39 is 0 Å². The third kappa shape index (κ3) is 2.72. The second kappa shape index (κ2) is 4.66. The van der Waals surface area contributed by atoms with Crippen LogP contribution < -0.4 is 5.73 Å². The van der Waals surface area contributed by atoms with Gasteiger partial charge < -0.3 is 15.2 Å². The maximum Gasteiger partial charge on any atom is 0.200 e. The SMILES string of the molecule is Cc1cn(CCN2CCCCC2)c(N)n1. The molecule has 4 heteroatoms. The summed E-state index contributed by atoms with van der Waals surface area (Å²) in [4.78, 5) is 6.71. The van der Waals surface area contributed by atoms with Crippen LogP contribution in [0.25, 0.3) is 0 Å². The van der Waals surface area contributed by atoms with Gasteiger partial charge >= 0.3 is 0 Å². The van der Waals surface area contributed by atoms with Gasteiger partial charge in [-0.2, -0.15) is 0 Å². The zero-order valence-electron chi connectivity index (χ0n) is 9.45. The molecule has 84 valence electrons. The summed E-state index contributed by atoms with van der Waals surface area (Å²) in [5, 5.41) is 0. The van der Waals surface area contributed by atoms with Gasteiger partial charge in [0, 0.05) is 19.3 Å². The highest BCUT2D eigenvalue weighted by atomic mass is 15.2. The van der Waals surface area contributed by atoms with E-state index in [1.165, 1.54) is 32.4 Å². The molecule has 0 aromatic carbocycles. The Labute approximate surface area is 91.1 Å². The van der Waals surface area contributed by atoms with E-state index in [-0.39, 0.29) is 0 Å². The van der Waals surface area contributed by atoms with Gasteiger partial charge in [-0.1, -0.05) is 6.42 Å². The summed E-state index contributed by atoms with van der Waals surface area (Å²) in [5.74, 6) is 0.643. The standard InChI is InChI=1S/C11H20N4/c1-10-9-15(11(12)13-10)8-7-14-5-3-2-4-6-14/h9H,2-8H2,1H3,(H2,12,13). The minimum Gasteiger partial charge on any atom is -0.369 e. The molecular weight excluding hydrogens is 188 g/mol. The number of nitrogen functional groups attached to an aromatic ring is 1. The molecule has 1 fully saturated rings. The van der Waals surface area contributed by atoms with Crippen molar-refractivity contribution in [2.75, 3.05) is 25.4 Å². The van der Waals surface area contributed by atoms with E-state index in [2.05, 4.69) is 9.88 Å². The van der Waals surface area contributed by atoms with E-state index in [0.717, 1.165) is 18.8 Å². The van der Waals surface area contributed by atoms with Crippen LogP contribution in [0.4, 0.5) is 5.95 Å². The van der Waals surface area contributed by atoms with Crippen molar-refractivity contribution in [1.82, 2.24) is 14.5 Å². The average molecular weight is 208 g/mol. The van der Waals surface area contributed by atoms with Crippen molar-refractivity contribution in [3.05, 3.63) is 11.9 Å². The quantitative estimate of drug-likeness (QED) is 0.813. The first-order valence-electron chi connectivity index (χ1n) is 5.77. The number of nitrogens with two attached hydrogens (primary N) is 1. The zero-order chi connectivity index (χ0) is 10.7. The minimum absolute atomic E-state index is 0.643. The number of hydrogen-bond acceptors (Lipinski definition) is 3. The fourth-order valence-corrected chi connectivity index (χ4v) is 2.18. The molecule has 2 N–H and O–H groups in total. The number of rotatable bonds is 3. The highest BCUT2D eigenvalue weighted by molar-refractivity contribution is 5.21. The molecule has 0 bridgehead atoms. The molecular formula is C11H20N4. The third-order valence-corrected chi connectivity index (χ3v) is 3.03. The minimum atomic E-state index is 0.643. The summed E-state index contributed by atoms with van der Waals surface area (Å²) in [5.41, 5.74) is 6.80. The summed E-state index contributed by atoms with van der Waals surface area (Å²) < 4.78 is 2.05. The van der Waals surface area contributed by atoms with Crippen LogP contribution in [-0.2, 0) is 6.54 Å². The first kappa shape index (κ1) is 10.5. The number of imidazole rings is 1. The molecule has 4 nitrogen and oxygen atoms in total. The van der Waals surface area contributed by atoms with Crippen LogP contribution in [0.1, 0.15) is 25.0 Å². The number of aryl methyl sites for hydroxylation is 1. The fourth-order valence-electron chi connectivity index (χ4n) is 2.18. The molecule has 1 saturated heterocycles. The number of nitrogens with zero attached hydrogens (tertiary/aromatic N) is 3. The lowest BCUT2D eigenvalue weighted by molar-refractivity contribution is 0.221. The number of anilines is 1. The van der Waals surface area contributed by atoms with E-state index in [9.17, 15) is 0 Å². The fraction of sp³-hybridized carbons (Fsp3) is 0.727. The Balaban J connectivity index is 1.84. The Morgan fingerprint density at radius 1 is 1.27 bits per heavy atom.